The maximum atomic E-state index is 12.4. The Bertz CT molecular complexity index is 703. The second-order valence-corrected chi connectivity index (χ2v) is 5.18. The van der Waals surface area contributed by atoms with E-state index in [0.717, 1.165) is 11.3 Å². The highest BCUT2D eigenvalue weighted by Gasteiger charge is 2.23. The van der Waals surface area contributed by atoms with Crippen LogP contribution in [-0.4, -0.2) is 36.5 Å². The van der Waals surface area contributed by atoms with Crippen LogP contribution < -0.4 is 5.32 Å². The molecule has 1 amide bonds. The van der Waals surface area contributed by atoms with E-state index >= 15 is 0 Å². The Hall–Kier alpha value is -2.64. The molecule has 2 aromatic rings. The molecule has 0 aliphatic rings. The molecule has 2 aromatic heterocycles. The minimum Gasteiger partial charge on any atom is -0.480 e. The molecule has 8 nitrogen and oxygen atoms in total. The molecular weight excluding hydrogens is 286 g/mol. The van der Waals surface area contributed by atoms with Crippen LogP contribution in [0, 0.1) is 6.92 Å². The summed E-state index contributed by atoms with van der Waals surface area (Å²) in [6.45, 7) is 5.24. The first-order valence-corrected chi connectivity index (χ1v) is 6.88. The number of aryl methyl sites for hydroxylation is 1. The third-order valence-corrected chi connectivity index (χ3v) is 3.71. The number of carbonyl (C=O) groups excluding carboxylic acids is 1. The Balaban J connectivity index is 2.18. The van der Waals surface area contributed by atoms with Crippen LogP contribution in [0.15, 0.2) is 18.5 Å². The molecule has 8 heteroatoms. The number of hydrogen-bond acceptors (Lipinski definition) is 4. The van der Waals surface area contributed by atoms with E-state index in [9.17, 15) is 9.59 Å². The van der Waals surface area contributed by atoms with E-state index in [4.69, 9.17) is 5.11 Å². The van der Waals surface area contributed by atoms with Gasteiger partial charge in [-0.2, -0.15) is 10.2 Å². The van der Waals surface area contributed by atoms with E-state index in [1.807, 2.05) is 20.9 Å². The Kier molecular flexibility index (Phi) is 4.30. The zero-order valence-corrected chi connectivity index (χ0v) is 12.9. The van der Waals surface area contributed by atoms with E-state index in [-0.39, 0.29) is 17.6 Å². The predicted octanol–water partition coefficient (Wildman–Crippen LogP) is 1.06. The fraction of sp³-hybridized carbons (Fsp3) is 0.429. The molecule has 0 aliphatic heterocycles. The molecule has 0 aromatic carbocycles. The second-order valence-electron chi connectivity index (χ2n) is 5.18. The molecular formula is C14H19N5O3. The van der Waals surface area contributed by atoms with Crippen LogP contribution in [-0.2, 0) is 11.8 Å². The minimum absolute atomic E-state index is 0.211. The van der Waals surface area contributed by atoms with Gasteiger partial charge in [-0.05, 0) is 26.8 Å². The molecule has 0 spiro atoms. The summed E-state index contributed by atoms with van der Waals surface area (Å²) in [4.78, 5) is 23.4. The van der Waals surface area contributed by atoms with Crippen LogP contribution >= 0.6 is 0 Å². The number of aliphatic carboxylic acids is 1. The fourth-order valence-corrected chi connectivity index (χ4v) is 2.20. The van der Waals surface area contributed by atoms with Crippen molar-refractivity contribution in [3.63, 3.8) is 0 Å². The smallest absolute Gasteiger partial charge is 0.328 e. The first-order chi connectivity index (χ1) is 10.3. The highest BCUT2D eigenvalue weighted by Crippen LogP contribution is 2.17. The topological polar surface area (TPSA) is 102 Å². The molecule has 2 atom stereocenters. The van der Waals surface area contributed by atoms with Crippen molar-refractivity contribution in [3.05, 3.63) is 35.4 Å². The molecule has 2 N–H and O–H groups in total. The third kappa shape index (κ3) is 2.85. The first-order valence-electron chi connectivity index (χ1n) is 6.88. The summed E-state index contributed by atoms with van der Waals surface area (Å²) in [5.74, 6) is -1.42. The van der Waals surface area contributed by atoms with Gasteiger partial charge in [0.2, 0.25) is 0 Å². The number of amides is 1. The van der Waals surface area contributed by atoms with E-state index in [2.05, 4.69) is 15.5 Å². The average Bonchev–Trinajstić information content (AvgIpc) is 3.06. The zero-order valence-electron chi connectivity index (χ0n) is 12.9. The number of nitrogens with zero attached hydrogens (tertiary/aromatic N) is 4. The van der Waals surface area contributed by atoms with Crippen molar-refractivity contribution in [1.29, 1.82) is 0 Å². The van der Waals surface area contributed by atoms with Crippen molar-refractivity contribution >= 4 is 11.9 Å². The van der Waals surface area contributed by atoms with Crippen LogP contribution in [0.2, 0.25) is 0 Å². The molecule has 0 fully saturated rings. The van der Waals surface area contributed by atoms with E-state index in [1.165, 1.54) is 23.9 Å². The monoisotopic (exact) mass is 305 g/mol. The molecule has 2 unspecified atom stereocenters. The number of carboxylic acid groups (broad SMARTS) is 1. The van der Waals surface area contributed by atoms with Crippen molar-refractivity contribution in [2.45, 2.75) is 32.9 Å². The lowest BCUT2D eigenvalue weighted by molar-refractivity contribution is -0.140. The summed E-state index contributed by atoms with van der Waals surface area (Å²) >= 11 is 0. The Morgan fingerprint density at radius 2 is 2.00 bits per heavy atom. The molecule has 2 heterocycles. The van der Waals surface area contributed by atoms with E-state index < -0.39 is 12.0 Å². The van der Waals surface area contributed by atoms with E-state index in [0.29, 0.717) is 0 Å². The SMILES string of the molecule is Cc1c(C(C)NC(=O)c2ccnn2C(C)C(=O)O)cnn1C. The van der Waals surface area contributed by atoms with Gasteiger partial charge >= 0.3 is 5.97 Å². The number of rotatable bonds is 5. The zero-order chi connectivity index (χ0) is 16.4. The summed E-state index contributed by atoms with van der Waals surface area (Å²) < 4.78 is 2.93. The van der Waals surface area contributed by atoms with Gasteiger partial charge in [0, 0.05) is 24.5 Å². The van der Waals surface area contributed by atoms with Gasteiger partial charge in [0.25, 0.3) is 5.91 Å². The lowest BCUT2D eigenvalue weighted by atomic mass is 10.1. The number of aromatic nitrogens is 4. The van der Waals surface area contributed by atoms with Crippen LogP contribution in [0.3, 0.4) is 0 Å². The van der Waals surface area contributed by atoms with Gasteiger partial charge in [0.05, 0.1) is 12.2 Å². The summed E-state index contributed by atoms with van der Waals surface area (Å²) in [7, 11) is 1.83. The van der Waals surface area contributed by atoms with Crippen molar-refractivity contribution in [3.8, 4) is 0 Å². The summed E-state index contributed by atoms with van der Waals surface area (Å²) in [6.07, 6.45) is 3.12. The third-order valence-electron chi connectivity index (χ3n) is 3.71. The molecule has 0 bridgehead atoms. The van der Waals surface area contributed by atoms with Crippen molar-refractivity contribution in [1.82, 2.24) is 24.9 Å². The molecule has 2 rings (SSSR count). The van der Waals surface area contributed by atoms with Gasteiger partial charge in [0.1, 0.15) is 11.7 Å². The number of hydrogen-bond donors (Lipinski definition) is 2. The van der Waals surface area contributed by atoms with E-state index in [1.54, 1.807) is 10.9 Å². The standard InChI is InChI=1S/C14H19N5O3/c1-8(11-7-16-18(4)9(11)2)17-13(20)12-5-6-15-19(12)10(3)14(21)22/h5-8,10H,1-4H3,(H,17,20)(H,21,22). The summed E-state index contributed by atoms with van der Waals surface area (Å²) in [6, 6.07) is 0.341. The average molecular weight is 305 g/mol. The van der Waals surface area contributed by atoms with Crippen molar-refractivity contribution < 1.29 is 14.7 Å². The molecule has 0 radical (unpaired) electrons. The molecule has 118 valence electrons. The number of nitrogens with one attached hydrogen (secondary N) is 1. The van der Waals surface area contributed by atoms with Crippen molar-refractivity contribution in [2.75, 3.05) is 0 Å². The fourth-order valence-electron chi connectivity index (χ4n) is 2.20. The lowest BCUT2D eigenvalue weighted by Gasteiger charge is -2.16. The van der Waals surface area contributed by atoms with Crippen molar-refractivity contribution in [2.24, 2.45) is 7.05 Å². The van der Waals surface area contributed by atoms with Gasteiger partial charge in [-0.1, -0.05) is 0 Å². The quantitative estimate of drug-likeness (QED) is 0.860. The molecule has 22 heavy (non-hydrogen) atoms. The first kappa shape index (κ1) is 15.7. The van der Waals surface area contributed by atoms with Gasteiger partial charge in [-0.3, -0.25) is 9.48 Å². The summed E-state index contributed by atoms with van der Waals surface area (Å²) in [5.41, 5.74) is 2.08. The number of carboxylic acids is 1. The minimum atomic E-state index is -1.05. The maximum absolute atomic E-state index is 12.4. The largest absolute Gasteiger partial charge is 0.480 e. The summed E-state index contributed by atoms with van der Waals surface area (Å²) in [5, 5.41) is 20.0. The maximum Gasteiger partial charge on any atom is 0.328 e. The van der Waals surface area contributed by atoms with Crippen LogP contribution in [0.1, 0.15) is 47.7 Å². The highest BCUT2D eigenvalue weighted by atomic mass is 16.4. The molecule has 0 saturated heterocycles. The van der Waals surface area contributed by atoms with Gasteiger partial charge in [0.15, 0.2) is 0 Å². The highest BCUT2D eigenvalue weighted by molar-refractivity contribution is 5.93. The van der Waals surface area contributed by atoms with Gasteiger partial charge in [-0.15, -0.1) is 0 Å². The van der Waals surface area contributed by atoms with Crippen LogP contribution in [0.5, 0.6) is 0 Å². The Morgan fingerprint density at radius 1 is 1.32 bits per heavy atom. The lowest BCUT2D eigenvalue weighted by Crippen LogP contribution is -2.31. The van der Waals surface area contributed by atoms with Crippen LogP contribution in [0.4, 0.5) is 0 Å². The predicted molar refractivity (Wildman–Crippen MR) is 78.4 cm³/mol. The van der Waals surface area contributed by atoms with Gasteiger partial charge < -0.3 is 10.4 Å². The molecule has 0 saturated carbocycles. The normalized spacial score (nSPS) is 13.6. The second kappa shape index (κ2) is 6.00. The Labute approximate surface area is 127 Å². The number of carbonyl (C=O) groups is 2. The van der Waals surface area contributed by atoms with Crippen LogP contribution in [0.25, 0.3) is 0 Å². The Morgan fingerprint density at radius 3 is 2.55 bits per heavy atom. The van der Waals surface area contributed by atoms with Gasteiger partial charge in [-0.25, -0.2) is 9.48 Å². The molecule has 0 aliphatic carbocycles.